The number of ether oxygens (including phenoxy) is 2. The van der Waals surface area contributed by atoms with Gasteiger partial charge >= 0.3 is 0 Å². The monoisotopic (exact) mass is 357 g/mol. The first-order valence-corrected chi connectivity index (χ1v) is 9.04. The lowest BCUT2D eigenvalue weighted by Gasteiger charge is -2.14. The largest absolute Gasteiger partial charge is 0.490 e. The van der Waals surface area contributed by atoms with Gasteiger partial charge in [-0.25, -0.2) is 0 Å². The van der Waals surface area contributed by atoms with Crippen LogP contribution < -0.4 is 20.1 Å². The summed E-state index contributed by atoms with van der Waals surface area (Å²) in [6.07, 6.45) is 1.86. The van der Waals surface area contributed by atoms with Crippen molar-refractivity contribution in [2.24, 2.45) is 4.99 Å². The van der Waals surface area contributed by atoms with E-state index in [1.165, 1.54) is 5.69 Å². The first kappa shape index (κ1) is 18.1. The van der Waals surface area contributed by atoms with E-state index in [9.17, 15) is 0 Å². The first-order chi connectivity index (χ1) is 12.7. The van der Waals surface area contributed by atoms with Crippen molar-refractivity contribution in [3.8, 4) is 11.5 Å². The maximum absolute atomic E-state index is 5.73. The number of aryl methyl sites for hydroxylation is 3. The SMILES string of the molecule is CN=C(NCCCn1nc(C)cc1C)Nc1ccc2c(c1)OCCCO2. The molecule has 7 heteroatoms. The molecule has 1 aliphatic rings. The molecule has 7 nitrogen and oxygen atoms in total. The number of rotatable bonds is 5. The topological polar surface area (TPSA) is 72.7 Å². The summed E-state index contributed by atoms with van der Waals surface area (Å²) in [6, 6.07) is 7.94. The zero-order valence-corrected chi connectivity index (χ0v) is 15.7. The van der Waals surface area contributed by atoms with Crippen LogP contribution in [0.1, 0.15) is 24.2 Å². The average molecular weight is 357 g/mol. The lowest BCUT2D eigenvalue weighted by Crippen LogP contribution is -2.32. The van der Waals surface area contributed by atoms with Gasteiger partial charge in [-0.2, -0.15) is 5.10 Å². The van der Waals surface area contributed by atoms with Gasteiger partial charge in [-0.3, -0.25) is 9.67 Å². The Balaban J connectivity index is 1.50. The lowest BCUT2D eigenvalue weighted by molar-refractivity contribution is 0.297. The van der Waals surface area contributed by atoms with E-state index in [0.717, 1.165) is 54.8 Å². The second-order valence-electron chi connectivity index (χ2n) is 6.34. The number of guanidine groups is 1. The third-order valence-corrected chi connectivity index (χ3v) is 4.18. The van der Waals surface area contributed by atoms with Gasteiger partial charge in [-0.1, -0.05) is 0 Å². The van der Waals surface area contributed by atoms with Crippen LogP contribution in [-0.4, -0.2) is 42.5 Å². The first-order valence-electron chi connectivity index (χ1n) is 9.04. The average Bonchev–Trinajstić information content (AvgIpc) is 2.83. The van der Waals surface area contributed by atoms with Crippen LogP contribution in [0.5, 0.6) is 11.5 Å². The van der Waals surface area contributed by atoms with Crippen molar-refractivity contribution >= 4 is 11.6 Å². The molecule has 0 saturated carbocycles. The van der Waals surface area contributed by atoms with Gasteiger partial charge in [0.15, 0.2) is 17.5 Å². The van der Waals surface area contributed by atoms with Crippen LogP contribution in [0, 0.1) is 13.8 Å². The number of hydrogen-bond donors (Lipinski definition) is 2. The van der Waals surface area contributed by atoms with E-state index < -0.39 is 0 Å². The minimum atomic E-state index is 0.676. The molecule has 2 N–H and O–H groups in total. The minimum Gasteiger partial charge on any atom is -0.490 e. The Morgan fingerprint density at radius 1 is 1.19 bits per heavy atom. The molecule has 140 valence electrons. The Morgan fingerprint density at radius 3 is 2.73 bits per heavy atom. The number of nitrogens with one attached hydrogen (secondary N) is 2. The highest BCUT2D eigenvalue weighted by atomic mass is 16.5. The predicted octanol–water partition coefficient (Wildman–Crippen LogP) is 2.74. The van der Waals surface area contributed by atoms with E-state index in [1.54, 1.807) is 7.05 Å². The van der Waals surface area contributed by atoms with Crippen molar-refractivity contribution in [2.75, 3.05) is 32.1 Å². The molecule has 1 aromatic carbocycles. The Hall–Kier alpha value is -2.70. The van der Waals surface area contributed by atoms with Gasteiger partial charge in [0.25, 0.3) is 0 Å². The molecule has 1 aromatic heterocycles. The number of benzene rings is 1. The second kappa shape index (κ2) is 8.60. The number of aromatic nitrogens is 2. The number of hydrogen-bond acceptors (Lipinski definition) is 4. The highest BCUT2D eigenvalue weighted by molar-refractivity contribution is 5.93. The van der Waals surface area contributed by atoms with Crippen LogP contribution in [0.2, 0.25) is 0 Å². The molecule has 0 radical (unpaired) electrons. The van der Waals surface area contributed by atoms with E-state index in [-0.39, 0.29) is 0 Å². The van der Waals surface area contributed by atoms with E-state index >= 15 is 0 Å². The summed E-state index contributed by atoms with van der Waals surface area (Å²) < 4.78 is 13.4. The lowest BCUT2D eigenvalue weighted by atomic mass is 10.2. The summed E-state index contributed by atoms with van der Waals surface area (Å²) >= 11 is 0. The summed E-state index contributed by atoms with van der Waals surface area (Å²) in [5.41, 5.74) is 3.17. The van der Waals surface area contributed by atoms with Crippen LogP contribution in [-0.2, 0) is 6.54 Å². The molecule has 0 unspecified atom stereocenters. The molecule has 0 saturated heterocycles. The fourth-order valence-corrected chi connectivity index (χ4v) is 2.89. The standard InChI is InChI=1S/C19H27N5O2/c1-14-12-15(2)24(23-14)9-4-8-21-19(20-3)22-16-6-7-17-18(13-16)26-11-5-10-25-17/h6-7,12-13H,4-5,8-11H2,1-3H3,(H2,20,21,22). The van der Waals surface area contributed by atoms with Gasteiger partial charge < -0.3 is 20.1 Å². The van der Waals surface area contributed by atoms with Crippen LogP contribution >= 0.6 is 0 Å². The number of nitrogens with zero attached hydrogens (tertiary/aromatic N) is 3. The van der Waals surface area contributed by atoms with Crippen molar-refractivity contribution in [1.82, 2.24) is 15.1 Å². The van der Waals surface area contributed by atoms with Gasteiger partial charge in [0.05, 0.1) is 18.9 Å². The van der Waals surface area contributed by atoms with E-state index in [4.69, 9.17) is 9.47 Å². The highest BCUT2D eigenvalue weighted by Gasteiger charge is 2.11. The van der Waals surface area contributed by atoms with Gasteiger partial charge in [0.2, 0.25) is 0 Å². The molecule has 26 heavy (non-hydrogen) atoms. The Bertz CT molecular complexity index is 769. The normalized spacial score (nSPS) is 14.0. The minimum absolute atomic E-state index is 0.676. The fraction of sp³-hybridized carbons (Fsp3) is 0.474. The molecule has 0 spiro atoms. The van der Waals surface area contributed by atoms with Crippen molar-refractivity contribution in [3.63, 3.8) is 0 Å². The summed E-state index contributed by atoms with van der Waals surface area (Å²) in [5, 5.41) is 11.1. The smallest absolute Gasteiger partial charge is 0.195 e. The number of anilines is 1. The number of fused-ring (bicyclic) bond motifs is 1. The van der Waals surface area contributed by atoms with E-state index in [1.807, 2.05) is 29.8 Å². The predicted molar refractivity (Wildman–Crippen MR) is 103 cm³/mol. The van der Waals surface area contributed by atoms with Crippen LogP contribution in [0.25, 0.3) is 0 Å². The maximum Gasteiger partial charge on any atom is 0.195 e. The van der Waals surface area contributed by atoms with Gasteiger partial charge in [-0.05, 0) is 38.5 Å². The van der Waals surface area contributed by atoms with Crippen LogP contribution in [0.15, 0.2) is 29.3 Å². The van der Waals surface area contributed by atoms with Crippen LogP contribution in [0.4, 0.5) is 5.69 Å². The molecular formula is C19H27N5O2. The molecular weight excluding hydrogens is 330 g/mol. The molecule has 2 aromatic rings. The van der Waals surface area contributed by atoms with Crippen molar-refractivity contribution in [1.29, 1.82) is 0 Å². The Kier molecular flexibility index (Phi) is 5.99. The van der Waals surface area contributed by atoms with Crippen LogP contribution in [0.3, 0.4) is 0 Å². The summed E-state index contributed by atoms with van der Waals surface area (Å²) in [7, 11) is 1.76. The molecule has 1 aliphatic heterocycles. The maximum atomic E-state index is 5.73. The molecule has 2 heterocycles. The van der Waals surface area contributed by atoms with Gasteiger partial charge in [-0.15, -0.1) is 0 Å². The third-order valence-electron chi connectivity index (χ3n) is 4.18. The zero-order valence-electron chi connectivity index (χ0n) is 15.7. The van der Waals surface area contributed by atoms with E-state index in [2.05, 4.69) is 33.7 Å². The fourth-order valence-electron chi connectivity index (χ4n) is 2.89. The summed E-state index contributed by atoms with van der Waals surface area (Å²) in [4.78, 5) is 4.28. The summed E-state index contributed by atoms with van der Waals surface area (Å²) in [5.74, 6) is 2.29. The van der Waals surface area contributed by atoms with Crippen molar-refractivity contribution < 1.29 is 9.47 Å². The second-order valence-corrected chi connectivity index (χ2v) is 6.34. The molecule has 0 aliphatic carbocycles. The van der Waals surface area contributed by atoms with Gasteiger partial charge in [0, 0.05) is 44.0 Å². The van der Waals surface area contributed by atoms with Gasteiger partial charge in [0.1, 0.15) is 0 Å². The Labute approximate surface area is 154 Å². The quantitative estimate of drug-likeness (QED) is 0.489. The summed E-state index contributed by atoms with van der Waals surface area (Å²) in [6.45, 7) is 7.16. The Morgan fingerprint density at radius 2 is 2.00 bits per heavy atom. The number of aliphatic imine (C=N–C) groups is 1. The molecule has 0 bridgehead atoms. The highest BCUT2D eigenvalue weighted by Crippen LogP contribution is 2.32. The molecule has 0 fully saturated rings. The third kappa shape index (κ3) is 4.68. The molecule has 0 amide bonds. The molecule has 3 rings (SSSR count). The van der Waals surface area contributed by atoms with E-state index in [0.29, 0.717) is 13.2 Å². The van der Waals surface area contributed by atoms with Crippen molar-refractivity contribution in [2.45, 2.75) is 33.2 Å². The zero-order chi connectivity index (χ0) is 18.4. The molecule has 0 atom stereocenters. The van der Waals surface area contributed by atoms with Crippen molar-refractivity contribution in [3.05, 3.63) is 35.7 Å².